The summed E-state index contributed by atoms with van der Waals surface area (Å²) in [5, 5.41) is 20.7. The van der Waals surface area contributed by atoms with Gasteiger partial charge in [-0.2, -0.15) is 0 Å². The third-order valence-electron chi connectivity index (χ3n) is 17.4. The molecule has 16 nitrogen and oxygen atoms in total. The molecule has 0 saturated carbocycles. The van der Waals surface area contributed by atoms with Crippen molar-refractivity contribution in [3.63, 3.8) is 0 Å². The lowest BCUT2D eigenvalue weighted by atomic mass is 10.0. The molecule has 109 heavy (non-hydrogen) atoms. The molecule has 0 spiro atoms. The quantitative estimate of drug-likeness (QED) is 0.0146. The lowest BCUT2D eigenvalue weighted by Gasteiger charge is -2.21. The number of unbranched alkanes of at least 4 members (excludes halogenated alkanes) is 28. The maximum atomic E-state index is 13.0. The van der Waals surface area contributed by atoms with Crippen molar-refractivity contribution in [2.24, 2.45) is 0 Å². The summed E-state index contributed by atoms with van der Waals surface area (Å²) in [5.41, 5.74) is 0. The zero-order valence-corrected chi connectivity index (χ0v) is 70.0. The average Bonchev–Trinajstić information content (AvgIpc) is 0.903. The standard InChI is InChI=1S/C91H152O16P2/c1-4-7-10-13-16-19-22-25-28-30-32-34-36-38-39-40-41-42-43-44-45-47-49-50-52-54-57-59-62-65-68-71-74-77-89(94)101-80-86(92)81-103-108(97,98)104-82-87(93)83-105-109(99,100)106-85-88(107-91(96)79-76-73-70-67-64-61-56-27-24-21-18-15-12-9-6-3)84-102-90(95)78-75-72-69-66-63-60-58-55-53-51-48-46-37-35-33-31-29-26-23-20-17-14-11-8-5-2/h7-8,10-11,16-21,25-29,32-35,38-39,41-42,46,48,53,55-56,86-88,92-93H,4-6,9,12-15,22-24,30-31,36-37,40,43-45,47,49-52,54,57-85H2,1-3H3,(H,97,98)(H,99,100)/b10-7-,11-8-,19-16-,20-17-,21-18-,28-25-,29-26-,34-32-,35-33-,39-38-,42-41-,48-46-,55-53-,56-27-. The van der Waals surface area contributed by atoms with E-state index in [1.165, 1.54) is 83.5 Å². The predicted octanol–water partition coefficient (Wildman–Crippen LogP) is 25.5. The van der Waals surface area contributed by atoms with Crippen molar-refractivity contribution in [2.45, 2.75) is 347 Å². The fourth-order valence-electron chi connectivity index (χ4n) is 11.0. The van der Waals surface area contributed by atoms with E-state index in [-0.39, 0.29) is 19.3 Å². The first-order valence-electron chi connectivity index (χ1n) is 42.4. The van der Waals surface area contributed by atoms with Gasteiger partial charge >= 0.3 is 33.6 Å². The number of phosphoric acid groups is 2. The van der Waals surface area contributed by atoms with E-state index >= 15 is 0 Å². The van der Waals surface area contributed by atoms with Crippen LogP contribution in [0.1, 0.15) is 329 Å². The minimum Gasteiger partial charge on any atom is -0.463 e. The second-order valence-corrected chi connectivity index (χ2v) is 30.8. The Morgan fingerprint density at radius 3 is 0.771 bits per heavy atom. The van der Waals surface area contributed by atoms with Crippen LogP contribution in [0.3, 0.4) is 0 Å². The highest BCUT2D eigenvalue weighted by molar-refractivity contribution is 7.47. The number of hydrogen-bond donors (Lipinski definition) is 4. The van der Waals surface area contributed by atoms with Crippen LogP contribution in [-0.2, 0) is 55.8 Å². The molecule has 0 aliphatic carbocycles. The average molecular weight is 1560 g/mol. The van der Waals surface area contributed by atoms with E-state index in [4.69, 9.17) is 32.3 Å². The van der Waals surface area contributed by atoms with Crippen LogP contribution in [0.5, 0.6) is 0 Å². The highest BCUT2D eigenvalue weighted by atomic mass is 31.2. The molecular formula is C91H152O16P2. The van der Waals surface area contributed by atoms with Gasteiger partial charge in [-0.25, -0.2) is 9.13 Å². The topological polar surface area (TPSA) is 231 Å². The molecule has 0 heterocycles. The molecule has 0 aliphatic rings. The molecule has 0 bridgehead atoms. The number of phosphoric ester groups is 2. The summed E-state index contributed by atoms with van der Waals surface area (Å²) in [7, 11) is -9.81. The maximum Gasteiger partial charge on any atom is 0.472 e. The fraction of sp³-hybridized carbons (Fsp3) is 0.659. The van der Waals surface area contributed by atoms with Crippen molar-refractivity contribution >= 4 is 33.6 Å². The number of aliphatic hydroxyl groups excluding tert-OH is 2. The summed E-state index contributed by atoms with van der Waals surface area (Å²) in [6.07, 6.45) is 105. The number of ether oxygens (including phenoxy) is 3. The molecule has 5 unspecified atom stereocenters. The van der Waals surface area contributed by atoms with E-state index in [0.717, 1.165) is 186 Å². The first-order chi connectivity index (χ1) is 53.2. The summed E-state index contributed by atoms with van der Waals surface area (Å²) in [6.45, 7) is 2.40. The third kappa shape index (κ3) is 83.7. The second-order valence-electron chi connectivity index (χ2n) is 27.9. The molecule has 0 amide bonds. The van der Waals surface area contributed by atoms with Gasteiger partial charge < -0.3 is 34.2 Å². The largest absolute Gasteiger partial charge is 0.472 e. The van der Waals surface area contributed by atoms with E-state index in [0.29, 0.717) is 19.3 Å². The van der Waals surface area contributed by atoms with Crippen molar-refractivity contribution in [2.75, 3.05) is 39.6 Å². The zero-order chi connectivity index (χ0) is 79.4. The Bertz CT molecular complexity index is 2660. The Morgan fingerprint density at radius 1 is 0.266 bits per heavy atom. The smallest absolute Gasteiger partial charge is 0.463 e. The summed E-state index contributed by atoms with van der Waals surface area (Å²) >= 11 is 0. The molecule has 0 aromatic carbocycles. The monoisotopic (exact) mass is 1560 g/mol. The molecule has 18 heteroatoms. The van der Waals surface area contributed by atoms with Crippen LogP contribution >= 0.6 is 15.6 Å². The Labute approximate surface area is 662 Å². The summed E-state index contributed by atoms with van der Waals surface area (Å²) in [5.74, 6) is -1.61. The molecule has 0 aromatic rings. The fourth-order valence-corrected chi connectivity index (χ4v) is 12.6. The van der Waals surface area contributed by atoms with Crippen LogP contribution in [0.2, 0.25) is 0 Å². The van der Waals surface area contributed by atoms with Gasteiger partial charge in [0.1, 0.15) is 25.4 Å². The van der Waals surface area contributed by atoms with Gasteiger partial charge in [0.2, 0.25) is 0 Å². The highest BCUT2D eigenvalue weighted by Crippen LogP contribution is 2.45. The molecule has 5 atom stereocenters. The first-order valence-corrected chi connectivity index (χ1v) is 45.4. The highest BCUT2D eigenvalue weighted by Gasteiger charge is 2.29. The normalized spacial score (nSPS) is 14.7. The molecule has 4 N–H and O–H groups in total. The van der Waals surface area contributed by atoms with Crippen LogP contribution in [0, 0.1) is 0 Å². The number of allylic oxidation sites excluding steroid dienone is 28. The third-order valence-corrected chi connectivity index (χ3v) is 19.3. The zero-order valence-electron chi connectivity index (χ0n) is 68.2. The van der Waals surface area contributed by atoms with Gasteiger partial charge in [0.05, 0.1) is 26.4 Å². The second kappa shape index (κ2) is 82.4. The van der Waals surface area contributed by atoms with E-state index in [2.05, 4.69) is 191 Å². The Kier molecular flexibility index (Phi) is 78.5. The van der Waals surface area contributed by atoms with Crippen LogP contribution in [0.15, 0.2) is 170 Å². The van der Waals surface area contributed by atoms with Gasteiger partial charge in [0.25, 0.3) is 0 Å². The van der Waals surface area contributed by atoms with Gasteiger partial charge in [-0.05, 0) is 154 Å². The van der Waals surface area contributed by atoms with Gasteiger partial charge in [-0.15, -0.1) is 0 Å². The molecule has 0 rings (SSSR count). The van der Waals surface area contributed by atoms with E-state index in [1.54, 1.807) is 0 Å². The van der Waals surface area contributed by atoms with Gasteiger partial charge in [-0.3, -0.25) is 32.5 Å². The van der Waals surface area contributed by atoms with Gasteiger partial charge in [0.15, 0.2) is 6.10 Å². The number of rotatable bonds is 79. The summed E-state index contributed by atoms with van der Waals surface area (Å²) < 4.78 is 61.2. The SMILES string of the molecule is CC/C=C\C/C=C\C/C=C\C/C=C\C/C=C\C/C=C\CCCCCCCCCCCCCCCCC(=O)OCC(O)COP(=O)(O)OCC(O)COP(=O)(O)OCC(COC(=O)CCCCCCCC/C=C\C/C=C\C/C=C\C/C=C\C/C=C\C/C=C\CC)OC(=O)CCCCCCC/C=C\C/C=C\CCCCC. The van der Waals surface area contributed by atoms with E-state index in [1.807, 2.05) is 0 Å². The predicted molar refractivity (Wildman–Crippen MR) is 454 cm³/mol. The number of carbonyl (C=O) groups excluding carboxylic acids is 3. The Balaban J connectivity index is 4.51. The van der Waals surface area contributed by atoms with Crippen molar-refractivity contribution in [1.29, 1.82) is 0 Å². The van der Waals surface area contributed by atoms with Crippen LogP contribution in [0.25, 0.3) is 0 Å². The number of hydrogen-bond acceptors (Lipinski definition) is 14. The van der Waals surface area contributed by atoms with Crippen molar-refractivity contribution < 1.29 is 75.8 Å². The molecule has 0 saturated heterocycles. The van der Waals surface area contributed by atoms with E-state index in [9.17, 15) is 43.5 Å². The van der Waals surface area contributed by atoms with E-state index < -0.39 is 91.5 Å². The number of aliphatic hydroxyl groups is 2. The number of esters is 3. The minimum absolute atomic E-state index is 0.0806. The molecule has 622 valence electrons. The van der Waals surface area contributed by atoms with Crippen LogP contribution in [0.4, 0.5) is 0 Å². The molecule has 0 aliphatic heterocycles. The minimum atomic E-state index is -4.95. The maximum absolute atomic E-state index is 13.0. The van der Waals surface area contributed by atoms with Crippen LogP contribution in [-0.4, -0.2) is 95.9 Å². The van der Waals surface area contributed by atoms with Crippen LogP contribution < -0.4 is 0 Å². The molecular weight excluding hydrogens is 1410 g/mol. The first kappa shape index (κ1) is 104. The van der Waals surface area contributed by atoms with Crippen molar-refractivity contribution in [3.05, 3.63) is 170 Å². The number of carbonyl (C=O) groups is 3. The molecule has 0 radical (unpaired) electrons. The Hall–Kier alpha value is -5.09. The van der Waals surface area contributed by atoms with Crippen molar-refractivity contribution in [1.82, 2.24) is 0 Å². The summed E-state index contributed by atoms with van der Waals surface area (Å²) in [6, 6.07) is 0. The van der Waals surface area contributed by atoms with Crippen molar-refractivity contribution in [3.8, 4) is 0 Å². The lowest BCUT2D eigenvalue weighted by Crippen LogP contribution is -2.30. The molecule has 0 fully saturated rings. The summed E-state index contributed by atoms with van der Waals surface area (Å²) in [4.78, 5) is 58.8. The van der Waals surface area contributed by atoms with Gasteiger partial charge in [0, 0.05) is 19.3 Å². The molecule has 0 aromatic heterocycles. The Morgan fingerprint density at radius 2 is 0.486 bits per heavy atom. The lowest BCUT2D eigenvalue weighted by molar-refractivity contribution is -0.161. The van der Waals surface area contributed by atoms with Gasteiger partial charge in [-0.1, -0.05) is 326 Å².